The summed E-state index contributed by atoms with van der Waals surface area (Å²) in [5, 5.41) is 7.07. The summed E-state index contributed by atoms with van der Waals surface area (Å²) < 4.78 is 11.1. The van der Waals surface area contributed by atoms with E-state index in [1.165, 1.54) is 0 Å². The molecule has 112 valence electrons. The van der Waals surface area contributed by atoms with Gasteiger partial charge in [-0.1, -0.05) is 37.6 Å². The van der Waals surface area contributed by atoms with Crippen LogP contribution in [-0.4, -0.2) is 24.9 Å². The lowest BCUT2D eigenvalue weighted by molar-refractivity contribution is 0.201. The summed E-state index contributed by atoms with van der Waals surface area (Å²) in [4.78, 5) is 0. The summed E-state index contributed by atoms with van der Waals surface area (Å²) >= 11 is 0. The van der Waals surface area contributed by atoms with E-state index in [-0.39, 0.29) is 6.61 Å². The lowest BCUT2D eigenvalue weighted by atomic mass is 10.1. The molecular weight excluding hydrogens is 264 g/mol. The van der Waals surface area contributed by atoms with Crippen LogP contribution in [0.25, 0.3) is 11.1 Å². The minimum Gasteiger partial charge on any atom is -0.494 e. The summed E-state index contributed by atoms with van der Waals surface area (Å²) in [5.74, 6) is 1.73. The lowest BCUT2D eigenvalue weighted by Gasteiger charge is -2.08. The summed E-state index contributed by atoms with van der Waals surface area (Å²) in [5.41, 5.74) is 2.30. The quantitative estimate of drug-likeness (QED) is 0.549. The normalized spacial score (nSPS) is 10.4. The summed E-state index contributed by atoms with van der Waals surface area (Å²) in [7, 11) is 0. The Morgan fingerprint density at radius 1 is 0.762 bits per heavy atom. The van der Waals surface area contributed by atoms with Gasteiger partial charge in [0.25, 0.3) is 0 Å². The average Bonchev–Trinajstić information content (AvgIpc) is 2.54. The van der Waals surface area contributed by atoms with Crippen LogP contribution in [0.2, 0.25) is 0 Å². The van der Waals surface area contributed by atoms with Crippen LogP contribution in [0.4, 0.5) is 0 Å². The minimum absolute atomic E-state index is 0.279. The van der Waals surface area contributed by atoms with Gasteiger partial charge in [0.15, 0.2) is 13.2 Å². The molecule has 3 heteroatoms. The van der Waals surface area contributed by atoms with Crippen molar-refractivity contribution in [2.24, 2.45) is 0 Å². The first-order valence-electron chi connectivity index (χ1n) is 7.44. The first-order valence-corrected chi connectivity index (χ1v) is 7.44. The maximum absolute atomic E-state index is 7.07. The Balaban J connectivity index is 1.97. The molecule has 0 saturated carbocycles. The van der Waals surface area contributed by atoms with Crippen LogP contribution in [0.3, 0.4) is 0 Å². The fraction of sp³-hybridized carbons (Fsp3) is 0.333. The molecule has 0 saturated heterocycles. The molecule has 0 radical (unpaired) electrons. The molecule has 2 aromatic carbocycles. The maximum Gasteiger partial charge on any atom is 0.178 e. The monoisotopic (exact) mass is 287 g/mol. The molecule has 0 spiro atoms. The van der Waals surface area contributed by atoms with Crippen molar-refractivity contribution in [1.82, 2.24) is 0 Å². The second kappa shape index (κ2) is 8.32. The van der Waals surface area contributed by atoms with Crippen molar-refractivity contribution in [3.8, 4) is 22.6 Å². The van der Waals surface area contributed by atoms with Gasteiger partial charge in [-0.2, -0.15) is 0 Å². The molecule has 2 rings (SSSR count). The molecule has 0 unspecified atom stereocenters. The van der Waals surface area contributed by atoms with Gasteiger partial charge in [-0.3, -0.25) is 0 Å². The Hall–Kier alpha value is -2.00. The second-order valence-corrected chi connectivity index (χ2v) is 4.85. The smallest absolute Gasteiger partial charge is 0.178 e. The van der Waals surface area contributed by atoms with E-state index in [2.05, 4.69) is 19.1 Å². The van der Waals surface area contributed by atoms with E-state index >= 15 is 0 Å². The van der Waals surface area contributed by atoms with E-state index in [1.54, 1.807) is 0 Å². The highest BCUT2D eigenvalue weighted by atomic mass is 16.5. The molecule has 3 nitrogen and oxygen atoms in total. The van der Waals surface area contributed by atoms with Crippen LogP contribution in [0, 0.1) is 0 Å². The molecule has 0 aliphatic rings. The number of rotatable bonds is 8. The zero-order valence-electron chi connectivity index (χ0n) is 12.5. The van der Waals surface area contributed by atoms with E-state index in [1.807, 2.05) is 36.4 Å². The predicted molar refractivity (Wildman–Crippen MR) is 86.3 cm³/mol. The van der Waals surface area contributed by atoms with Crippen LogP contribution in [0.15, 0.2) is 48.5 Å². The van der Waals surface area contributed by atoms with Crippen molar-refractivity contribution in [1.29, 1.82) is 0 Å². The van der Waals surface area contributed by atoms with E-state index in [0.717, 1.165) is 42.1 Å². The zero-order valence-corrected chi connectivity index (χ0v) is 12.5. The summed E-state index contributed by atoms with van der Waals surface area (Å²) in [6, 6.07) is 16.1. The first kappa shape index (κ1) is 15.4. The third-order valence-electron chi connectivity index (χ3n) is 3.18. The first-order chi connectivity index (χ1) is 10.3. The second-order valence-electron chi connectivity index (χ2n) is 4.85. The van der Waals surface area contributed by atoms with Crippen molar-refractivity contribution < 1.29 is 14.6 Å². The molecule has 2 N–H and O–H groups in total. The average molecular weight is 287 g/mol. The molecule has 0 bridgehead atoms. The Morgan fingerprint density at radius 2 is 1.24 bits per heavy atom. The van der Waals surface area contributed by atoms with E-state index in [9.17, 15) is 0 Å². The van der Waals surface area contributed by atoms with Gasteiger partial charge in [-0.25, -0.2) is 0 Å². The standard InChI is InChI=1S/C18H22O3/c1-2-3-13-20-17-8-4-15(5-9-17)16-6-10-18(11-7-16)21-14-12-19/h4-11,19H,2-3,12-14H2,1H3/p+1. The van der Waals surface area contributed by atoms with Gasteiger partial charge in [0.2, 0.25) is 0 Å². The Kier molecular flexibility index (Phi) is 6.10. The van der Waals surface area contributed by atoms with Gasteiger partial charge in [-0.15, -0.1) is 0 Å². The van der Waals surface area contributed by atoms with E-state index in [4.69, 9.17) is 14.6 Å². The Labute approximate surface area is 126 Å². The number of hydrogen-bond donors (Lipinski definition) is 0. The van der Waals surface area contributed by atoms with Crippen molar-refractivity contribution in [3.05, 3.63) is 48.5 Å². The summed E-state index contributed by atoms with van der Waals surface area (Å²) in [6.45, 7) is 3.64. The van der Waals surface area contributed by atoms with E-state index in [0.29, 0.717) is 6.61 Å². The molecule has 0 aromatic heterocycles. The molecule has 2 aromatic rings. The maximum atomic E-state index is 7.07. The number of unbranched alkanes of at least 4 members (excludes halogenated alkanes) is 1. The number of hydrogen-bond acceptors (Lipinski definition) is 2. The van der Waals surface area contributed by atoms with Crippen LogP contribution in [-0.2, 0) is 0 Å². The fourth-order valence-corrected chi connectivity index (χ4v) is 1.99. The molecule has 0 aliphatic carbocycles. The third kappa shape index (κ3) is 4.80. The number of benzene rings is 2. The van der Waals surface area contributed by atoms with Crippen molar-refractivity contribution in [2.45, 2.75) is 19.8 Å². The van der Waals surface area contributed by atoms with Crippen LogP contribution >= 0.6 is 0 Å². The van der Waals surface area contributed by atoms with Crippen molar-refractivity contribution in [3.63, 3.8) is 0 Å². The highest BCUT2D eigenvalue weighted by Gasteiger charge is 2.00. The molecular formula is C18H23O3+. The van der Waals surface area contributed by atoms with Gasteiger partial charge in [0.1, 0.15) is 11.5 Å². The summed E-state index contributed by atoms with van der Waals surface area (Å²) in [6.07, 6.45) is 2.23. The van der Waals surface area contributed by atoms with Crippen LogP contribution in [0.5, 0.6) is 11.5 Å². The molecule has 0 aliphatic heterocycles. The van der Waals surface area contributed by atoms with Gasteiger partial charge in [0, 0.05) is 0 Å². The lowest BCUT2D eigenvalue weighted by Crippen LogP contribution is -2.01. The Morgan fingerprint density at radius 3 is 1.67 bits per heavy atom. The SMILES string of the molecule is CCCCOc1ccc(-c2ccc(OCC[OH2+])cc2)cc1. The van der Waals surface area contributed by atoms with Crippen molar-refractivity contribution >= 4 is 0 Å². The van der Waals surface area contributed by atoms with Gasteiger partial charge in [0.05, 0.1) is 6.61 Å². The predicted octanol–water partition coefficient (Wildman–Crippen LogP) is 3.64. The highest BCUT2D eigenvalue weighted by Crippen LogP contribution is 2.24. The molecule has 21 heavy (non-hydrogen) atoms. The van der Waals surface area contributed by atoms with Crippen LogP contribution < -0.4 is 9.47 Å². The fourth-order valence-electron chi connectivity index (χ4n) is 1.99. The minimum atomic E-state index is 0.279. The van der Waals surface area contributed by atoms with Gasteiger partial charge >= 0.3 is 0 Å². The molecule has 0 amide bonds. The third-order valence-corrected chi connectivity index (χ3v) is 3.18. The molecule has 0 atom stereocenters. The largest absolute Gasteiger partial charge is 0.494 e. The molecule has 0 fully saturated rings. The van der Waals surface area contributed by atoms with Gasteiger partial charge < -0.3 is 14.6 Å². The van der Waals surface area contributed by atoms with Crippen LogP contribution in [0.1, 0.15) is 19.8 Å². The molecule has 0 heterocycles. The highest BCUT2D eigenvalue weighted by molar-refractivity contribution is 5.64. The van der Waals surface area contributed by atoms with Crippen molar-refractivity contribution in [2.75, 3.05) is 19.8 Å². The van der Waals surface area contributed by atoms with E-state index < -0.39 is 0 Å². The zero-order chi connectivity index (χ0) is 14.9. The van der Waals surface area contributed by atoms with Gasteiger partial charge in [-0.05, 0) is 41.8 Å². The Bertz CT molecular complexity index is 517. The topological polar surface area (TPSA) is 41.4 Å². The number of ether oxygens (including phenoxy) is 2.